The molecule has 136 valence electrons. The Morgan fingerprint density at radius 2 is 1.88 bits per heavy atom. The molecule has 0 aliphatic carbocycles. The second-order valence-electron chi connectivity index (χ2n) is 6.89. The molecule has 0 radical (unpaired) electrons. The Balaban J connectivity index is 1.64. The molecule has 5 heteroatoms. The van der Waals surface area contributed by atoms with Crippen molar-refractivity contribution in [2.45, 2.75) is 31.7 Å². The Kier molecular flexibility index (Phi) is 5.63. The normalized spacial score (nSPS) is 19.8. The summed E-state index contributed by atoms with van der Waals surface area (Å²) >= 11 is 0. The first-order chi connectivity index (χ1) is 12.5. The predicted octanol–water partition coefficient (Wildman–Crippen LogP) is 4.79. The monoisotopic (exact) mass is 358 g/mol. The van der Waals surface area contributed by atoms with Gasteiger partial charge < -0.3 is 0 Å². The molecule has 0 amide bonds. The summed E-state index contributed by atoms with van der Waals surface area (Å²) in [6.45, 7) is 1.06. The van der Waals surface area contributed by atoms with Crippen molar-refractivity contribution in [3.63, 3.8) is 0 Å². The van der Waals surface area contributed by atoms with Crippen LogP contribution in [0.25, 0.3) is 0 Å². The molecule has 0 spiro atoms. The summed E-state index contributed by atoms with van der Waals surface area (Å²) in [6.07, 6.45) is 0.892. The van der Waals surface area contributed by atoms with Gasteiger partial charge in [-0.3, -0.25) is 4.90 Å². The van der Waals surface area contributed by atoms with Crippen molar-refractivity contribution in [2.24, 2.45) is 5.92 Å². The molecule has 26 heavy (non-hydrogen) atoms. The summed E-state index contributed by atoms with van der Waals surface area (Å²) in [5, 5.41) is 8.93. The van der Waals surface area contributed by atoms with Crippen LogP contribution in [-0.2, 0) is 13.0 Å². The molecule has 1 aliphatic rings. The van der Waals surface area contributed by atoms with Crippen LogP contribution in [0.5, 0.6) is 0 Å². The van der Waals surface area contributed by atoms with E-state index in [0.29, 0.717) is 32.5 Å². The molecule has 1 aliphatic heterocycles. The van der Waals surface area contributed by atoms with Gasteiger partial charge in [-0.2, -0.15) is 5.26 Å². The van der Waals surface area contributed by atoms with E-state index in [1.54, 1.807) is 6.07 Å². The molecule has 1 fully saturated rings. The maximum Gasteiger partial charge on any atom is 0.253 e. The van der Waals surface area contributed by atoms with Gasteiger partial charge in [0.25, 0.3) is 5.92 Å². The Bertz CT molecular complexity index is 784. The van der Waals surface area contributed by atoms with E-state index in [0.717, 1.165) is 11.1 Å². The molecule has 1 unspecified atom stereocenters. The van der Waals surface area contributed by atoms with E-state index in [-0.39, 0.29) is 12.0 Å². The van der Waals surface area contributed by atoms with E-state index < -0.39 is 17.7 Å². The van der Waals surface area contributed by atoms with Crippen molar-refractivity contribution < 1.29 is 13.2 Å². The zero-order valence-corrected chi connectivity index (χ0v) is 14.5. The van der Waals surface area contributed by atoms with E-state index in [2.05, 4.69) is 0 Å². The van der Waals surface area contributed by atoms with Gasteiger partial charge in [0.05, 0.1) is 5.56 Å². The first-order valence-corrected chi connectivity index (χ1v) is 8.80. The van der Waals surface area contributed by atoms with Crippen LogP contribution in [0.2, 0.25) is 0 Å². The third-order valence-electron chi connectivity index (χ3n) is 5.02. The number of piperidine rings is 1. The van der Waals surface area contributed by atoms with Gasteiger partial charge in [-0.05, 0) is 36.1 Å². The van der Waals surface area contributed by atoms with Crippen molar-refractivity contribution in [1.29, 1.82) is 5.26 Å². The van der Waals surface area contributed by atoms with Gasteiger partial charge in [0.15, 0.2) is 0 Å². The van der Waals surface area contributed by atoms with E-state index >= 15 is 0 Å². The van der Waals surface area contributed by atoms with E-state index in [1.807, 2.05) is 41.3 Å². The lowest BCUT2D eigenvalue weighted by Gasteiger charge is -2.38. The number of halogens is 3. The molecule has 2 aromatic carbocycles. The summed E-state index contributed by atoms with van der Waals surface area (Å²) in [4.78, 5) is 1.97. The maximum absolute atomic E-state index is 14.3. The Hall–Kier alpha value is -2.32. The summed E-state index contributed by atoms with van der Waals surface area (Å²) in [7, 11) is 0. The Morgan fingerprint density at radius 3 is 2.62 bits per heavy atom. The molecule has 1 saturated heterocycles. The standard InChI is InChI=1S/C21H21F3N2/c22-20-9-7-17(12-18(20)13-25)14-26-11-10-21(23,24)19(15-26)8-6-16-4-2-1-3-5-16/h1-5,7,9,12,19H,6,8,10-11,14-15H2. The van der Waals surface area contributed by atoms with E-state index in [1.165, 1.54) is 12.1 Å². The van der Waals surface area contributed by atoms with Crippen molar-refractivity contribution in [1.82, 2.24) is 4.90 Å². The van der Waals surface area contributed by atoms with Gasteiger partial charge in [-0.1, -0.05) is 36.4 Å². The summed E-state index contributed by atoms with van der Waals surface area (Å²) in [5.74, 6) is -3.92. The number of hydrogen-bond acceptors (Lipinski definition) is 2. The lowest BCUT2D eigenvalue weighted by Crippen LogP contribution is -2.46. The first-order valence-electron chi connectivity index (χ1n) is 8.80. The highest BCUT2D eigenvalue weighted by Crippen LogP contribution is 2.36. The molecule has 0 aromatic heterocycles. The minimum absolute atomic E-state index is 0.00883. The van der Waals surface area contributed by atoms with Gasteiger partial charge in [0, 0.05) is 32.0 Å². The van der Waals surface area contributed by atoms with E-state index in [4.69, 9.17) is 5.26 Å². The number of hydrogen-bond donors (Lipinski definition) is 0. The van der Waals surface area contributed by atoms with Crippen molar-refractivity contribution >= 4 is 0 Å². The topological polar surface area (TPSA) is 27.0 Å². The number of nitrogens with zero attached hydrogens (tertiary/aromatic N) is 2. The molecule has 2 nitrogen and oxygen atoms in total. The third-order valence-corrected chi connectivity index (χ3v) is 5.02. The van der Waals surface area contributed by atoms with Gasteiger partial charge in [-0.25, -0.2) is 13.2 Å². The summed E-state index contributed by atoms with van der Waals surface area (Å²) < 4.78 is 42.1. The SMILES string of the molecule is N#Cc1cc(CN2CCC(F)(F)C(CCc3ccccc3)C2)ccc1F. The van der Waals surface area contributed by atoms with Crippen LogP contribution in [0.3, 0.4) is 0 Å². The number of likely N-dealkylation sites (tertiary alicyclic amines) is 1. The maximum atomic E-state index is 14.3. The largest absolute Gasteiger partial charge is 0.298 e. The zero-order chi connectivity index (χ0) is 18.6. The summed E-state index contributed by atoms with van der Waals surface area (Å²) in [6, 6.07) is 15.9. The van der Waals surface area contributed by atoms with Crippen LogP contribution >= 0.6 is 0 Å². The number of alkyl halides is 2. The van der Waals surface area contributed by atoms with Gasteiger partial charge in [0.2, 0.25) is 0 Å². The average molecular weight is 358 g/mol. The van der Waals surface area contributed by atoms with Crippen molar-refractivity contribution in [3.05, 3.63) is 71.0 Å². The third kappa shape index (κ3) is 4.44. The van der Waals surface area contributed by atoms with Crippen molar-refractivity contribution in [2.75, 3.05) is 13.1 Å². The molecule has 0 N–H and O–H groups in total. The minimum atomic E-state index is -2.66. The smallest absolute Gasteiger partial charge is 0.253 e. The number of nitriles is 1. The molecule has 0 saturated carbocycles. The number of aryl methyl sites for hydroxylation is 1. The fraction of sp³-hybridized carbons (Fsp3) is 0.381. The van der Waals surface area contributed by atoms with Crippen LogP contribution in [0.1, 0.15) is 29.5 Å². The fourth-order valence-electron chi connectivity index (χ4n) is 3.49. The van der Waals surface area contributed by atoms with Gasteiger partial charge >= 0.3 is 0 Å². The molecule has 0 bridgehead atoms. The lowest BCUT2D eigenvalue weighted by atomic mass is 9.88. The lowest BCUT2D eigenvalue weighted by molar-refractivity contribution is -0.109. The highest BCUT2D eigenvalue weighted by Gasteiger charge is 2.43. The molecule has 1 heterocycles. The molecule has 1 atom stereocenters. The first kappa shape index (κ1) is 18.5. The van der Waals surface area contributed by atoms with E-state index in [9.17, 15) is 13.2 Å². The molecule has 3 rings (SSSR count). The van der Waals surface area contributed by atoms with Crippen LogP contribution in [0.4, 0.5) is 13.2 Å². The van der Waals surface area contributed by atoms with Gasteiger partial charge in [0.1, 0.15) is 11.9 Å². The average Bonchev–Trinajstić information content (AvgIpc) is 2.64. The second-order valence-corrected chi connectivity index (χ2v) is 6.89. The number of benzene rings is 2. The second kappa shape index (κ2) is 7.92. The van der Waals surface area contributed by atoms with Crippen LogP contribution in [0, 0.1) is 23.1 Å². The van der Waals surface area contributed by atoms with Crippen LogP contribution in [0.15, 0.2) is 48.5 Å². The number of rotatable bonds is 5. The minimum Gasteiger partial charge on any atom is -0.298 e. The van der Waals surface area contributed by atoms with Crippen LogP contribution in [-0.4, -0.2) is 23.9 Å². The zero-order valence-electron chi connectivity index (χ0n) is 14.5. The predicted molar refractivity (Wildman–Crippen MR) is 94.2 cm³/mol. The Morgan fingerprint density at radius 1 is 1.12 bits per heavy atom. The summed E-state index contributed by atoms with van der Waals surface area (Å²) in [5.41, 5.74) is 1.83. The van der Waals surface area contributed by atoms with Crippen molar-refractivity contribution in [3.8, 4) is 6.07 Å². The fourth-order valence-corrected chi connectivity index (χ4v) is 3.49. The molecular weight excluding hydrogens is 337 g/mol. The molecular formula is C21H21F3N2. The van der Waals surface area contributed by atoms with Crippen LogP contribution < -0.4 is 0 Å². The Labute approximate surface area is 151 Å². The quantitative estimate of drug-likeness (QED) is 0.769. The highest BCUT2D eigenvalue weighted by molar-refractivity contribution is 5.34. The van der Waals surface area contributed by atoms with Gasteiger partial charge in [-0.15, -0.1) is 0 Å². The molecule has 2 aromatic rings. The highest BCUT2D eigenvalue weighted by atomic mass is 19.3.